The van der Waals surface area contributed by atoms with Crippen molar-refractivity contribution in [2.75, 3.05) is 5.32 Å². The summed E-state index contributed by atoms with van der Waals surface area (Å²) in [5.41, 5.74) is 1.70. The lowest BCUT2D eigenvalue weighted by Gasteiger charge is -2.05. The molecule has 2 N–H and O–H groups in total. The molecule has 4 heteroatoms. The second kappa shape index (κ2) is 5.70. The van der Waals surface area contributed by atoms with E-state index in [2.05, 4.69) is 17.2 Å². The Morgan fingerprint density at radius 2 is 1.94 bits per heavy atom. The molecule has 84 valence electrons. The Morgan fingerprint density at radius 3 is 2.44 bits per heavy atom. The van der Waals surface area contributed by atoms with E-state index in [1.807, 2.05) is 12.1 Å². The summed E-state index contributed by atoms with van der Waals surface area (Å²) in [6.07, 6.45) is 1.23. The van der Waals surface area contributed by atoms with Crippen LogP contribution >= 0.6 is 0 Å². The van der Waals surface area contributed by atoms with Crippen molar-refractivity contribution in [1.82, 2.24) is 5.32 Å². The topological polar surface area (TPSA) is 58.2 Å². The summed E-state index contributed by atoms with van der Waals surface area (Å²) in [5.74, 6) is -0.307. The van der Waals surface area contributed by atoms with Gasteiger partial charge in [-0.1, -0.05) is 18.7 Å². The summed E-state index contributed by atoms with van der Waals surface area (Å²) < 4.78 is 0. The van der Waals surface area contributed by atoms with Gasteiger partial charge in [0.2, 0.25) is 11.8 Å². The molecule has 0 radical (unpaired) electrons. The lowest BCUT2D eigenvalue weighted by Crippen LogP contribution is -2.19. The quantitative estimate of drug-likeness (QED) is 0.751. The SMILES string of the molecule is C=CC(=O)NCc1ccc(NC(C)=O)cc1. The maximum atomic E-state index is 10.9. The van der Waals surface area contributed by atoms with Crippen LogP contribution in [-0.4, -0.2) is 11.8 Å². The standard InChI is InChI=1S/C12H14N2O2/c1-3-12(16)13-8-10-4-6-11(7-5-10)14-9(2)15/h3-7H,1,8H2,2H3,(H,13,16)(H,14,15). The van der Waals surface area contributed by atoms with Crippen LogP contribution in [0.1, 0.15) is 12.5 Å². The zero-order valence-corrected chi connectivity index (χ0v) is 9.12. The van der Waals surface area contributed by atoms with Gasteiger partial charge in [-0.25, -0.2) is 0 Å². The zero-order chi connectivity index (χ0) is 12.0. The predicted molar refractivity (Wildman–Crippen MR) is 62.8 cm³/mol. The van der Waals surface area contributed by atoms with Gasteiger partial charge in [0.25, 0.3) is 0 Å². The van der Waals surface area contributed by atoms with E-state index in [0.29, 0.717) is 6.54 Å². The van der Waals surface area contributed by atoms with Crippen molar-refractivity contribution in [2.24, 2.45) is 0 Å². The Morgan fingerprint density at radius 1 is 1.31 bits per heavy atom. The Kier molecular flexibility index (Phi) is 4.27. The van der Waals surface area contributed by atoms with Gasteiger partial charge >= 0.3 is 0 Å². The van der Waals surface area contributed by atoms with Gasteiger partial charge in [-0.15, -0.1) is 0 Å². The molecule has 0 aliphatic carbocycles. The van der Waals surface area contributed by atoms with Crippen molar-refractivity contribution >= 4 is 17.5 Å². The molecule has 0 spiro atoms. The lowest BCUT2D eigenvalue weighted by atomic mass is 10.2. The van der Waals surface area contributed by atoms with Crippen LogP contribution in [0.15, 0.2) is 36.9 Å². The lowest BCUT2D eigenvalue weighted by molar-refractivity contribution is -0.116. The maximum Gasteiger partial charge on any atom is 0.243 e. The fraction of sp³-hybridized carbons (Fsp3) is 0.167. The molecular formula is C12H14N2O2. The Balaban J connectivity index is 2.54. The minimum Gasteiger partial charge on any atom is -0.348 e. The summed E-state index contributed by atoms with van der Waals surface area (Å²) in [6.45, 7) is 5.27. The van der Waals surface area contributed by atoms with Crippen LogP contribution in [0.5, 0.6) is 0 Å². The fourth-order valence-corrected chi connectivity index (χ4v) is 1.17. The molecule has 0 fully saturated rings. The Bertz CT molecular complexity index is 396. The molecule has 0 saturated carbocycles. The van der Waals surface area contributed by atoms with Gasteiger partial charge in [-0.2, -0.15) is 0 Å². The van der Waals surface area contributed by atoms with E-state index in [4.69, 9.17) is 0 Å². The molecule has 0 saturated heterocycles. The van der Waals surface area contributed by atoms with E-state index in [9.17, 15) is 9.59 Å². The normalized spacial score (nSPS) is 9.31. The average molecular weight is 218 g/mol. The fourth-order valence-electron chi connectivity index (χ4n) is 1.17. The highest BCUT2D eigenvalue weighted by Gasteiger charge is 1.97. The number of benzene rings is 1. The highest BCUT2D eigenvalue weighted by molar-refractivity contribution is 5.88. The van der Waals surface area contributed by atoms with Crippen LogP contribution in [0.3, 0.4) is 0 Å². The minimum absolute atomic E-state index is 0.104. The van der Waals surface area contributed by atoms with Crippen molar-refractivity contribution in [3.05, 3.63) is 42.5 Å². The van der Waals surface area contributed by atoms with Crippen LogP contribution in [-0.2, 0) is 16.1 Å². The van der Waals surface area contributed by atoms with Crippen molar-refractivity contribution < 1.29 is 9.59 Å². The van der Waals surface area contributed by atoms with E-state index in [0.717, 1.165) is 11.3 Å². The molecule has 1 aromatic carbocycles. The number of carbonyl (C=O) groups excluding carboxylic acids is 2. The first kappa shape index (κ1) is 12.0. The van der Waals surface area contributed by atoms with Gasteiger partial charge in [0, 0.05) is 19.2 Å². The van der Waals surface area contributed by atoms with Crippen LogP contribution in [0.25, 0.3) is 0 Å². The van der Waals surface area contributed by atoms with E-state index in [1.165, 1.54) is 13.0 Å². The Hall–Kier alpha value is -2.10. The molecule has 0 unspecified atom stereocenters. The molecule has 2 amide bonds. The van der Waals surface area contributed by atoms with Gasteiger partial charge in [0.15, 0.2) is 0 Å². The summed E-state index contributed by atoms with van der Waals surface area (Å²) in [5, 5.41) is 5.33. The van der Waals surface area contributed by atoms with Gasteiger partial charge in [-0.05, 0) is 23.8 Å². The second-order valence-electron chi connectivity index (χ2n) is 3.30. The molecule has 4 nitrogen and oxygen atoms in total. The molecule has 0 bridgehead atoms. The summed E-state index contributed by atoms with van der Waals surface area (Å²) in [6, 6.07) is 7.26. The first-order valence-corrected chi connectivity index (χ1v) is 4.88. The van der Waals surface area contributed by atoms with Crippen molar-refractivity contribution in [2.45, 2.75) is 13.5 Å². The summed E-state index contributed by atoms with van der Waals surface area (Å²) in [4.78, 5) is 21.7. The maximum absolute atomic E-state index is 10.9. The molecule has 1 aromatic rings. The second-order valence-corrected chi connectivity index (χ2v) is 3.30. The molecule has 1 rings (SSSR count). The van der Waals surface area contributed by atoms with Crippen LogP contribution in [0.4, 0.5) is 5.69 Å². The van der Waals surface area contributed by atoms with Gasteiger partial charge in [-0.3, -0.25) is 9.59 Å². The van der Waals surface area contributed by atoms with Gasteiger partial charge in [0.05, 0.1) is 0 Å². The predicted octanol–water partition coefficient (Wildman–Crippen LogP) is 1.45. The number of hydrogen-bond donors (Lipinski definition) is 2. The number of amides is 2. The number of hydrogen-bond acceptors (Lipinski definition) is 2. The van der Waals surface area contributed by atoms with Crippen LogP contribution in [0.2, 0.25) is 0 Å². The monoisotopic (exact) mass is 218 g/mol. The first-order chi connectivity index (χ1) is 7.61. The molecule has 16 heavy (non-hydrogen) atoms. The number of anilines is 1. The van der Waals surface area contributed by atoms with Crippen molar-refractivity contribution in [3.63, 3.8) is 0 Å². The van der Waals surface area contributed by atoms with E-state index in [1.54, 1.807) is 12.1 Å². The molecule has 0 heterocycles. The zero-order valence-electron chi connectivity index (χ0n) is 9.12. The summed E-state index contributed by atoms with van der Waals surface area (Å²) in [7, 11) is 0. The van der Waals surface area contributed by atoms with Gasteiger partial charge in [0.1, 0.15) is 0 Å². The number of rotatable bonds is 4. The first-order valence-electron chi connectivity index (χ1n) is 4.88. The molecule has 0 aliphatic heterocycles. The third-order valence-corrected chi connectivity index (χ3v) is 1.93. The number of carbonyl (C=O) groups is 2. The van der Waals surface area contributed by atoms with Crippen molar-refractivity contribution in [3.8, 4) is 0 Å². The highest BCUT2D eigenvalue weighted by Crippen LogP contribution is 2.09. The molecule has 0 aromatic heterocycles. The minimum atomic E-state index is -0.203. The van der Waals surface area contributed by atoms with Crippen LogP contribution < -0.4 is 10.6 Å². The van der Waals surface area contributed by atoms with E-state index in [-0.39, 0.29) is 11.8 Å². The summed E-state index contributed by atoms with van der Waals surface area (Å²) >= 11 is 0. The molecule has 0 atom stereocenters. The van der Waals surface area contributed by atoms with Gasteiger partial charge < -0.3 is 10.6 Å². The van der Waals surface area contributed by atoms with E-state index < -0.39 is 0 Å². The largest absolute Gasteiger partial charge is 0.348 e. The molecular weight excluding hydrogens is 204 g/mol. The third kappa shape index (κ3) is 3.96. The van der Waals surface area contributed by atoms with E-state index >= 15 is 0 Å². The smallest absolute Gasteiger partial charge is 0.243 e. The van der Waals surface area contributed by atoms with Crippen molar-refractivity contribution in [1.29, 1.82) is 0 Å². The third-order valence-electron chi connectivity index (χ3n) is 1.93. The highest BCUT2D eigenvalue weighted by atomic mass is 16.2. The Labute approximate surface area is 94.4 Å². The number of nitrogens with one attached hydrogen (secondary N) is 2. The average Bonchev–Trinajstić information content (AvgIpc) is 2.27. The molecule has 0 aliphatic rings. The van der Waals surface area contributed by atoms with Crippen LogP contribution in [0, 0.1) is 0 Å².